The Morgan fingerprint density at radius 3 is 2.29 bits per heavy atom. The lowest BCUT2D eigenvalue weighted by molar-refractivity contribution is -0.384. The fourth-order valence-corrected chi connectivity index (χ4v) is 2.56. The smallest absolute Gasteiger partial charge is 0.338 e. The normalized spacial score (nSPS) is 10.1. The number of nitro groups is 1. The molecule has 28 heavy (non-hydrogen) atoms. The van der Waals surface area contributed by atoms with Crippen molar-refractivity contribution in [1.29, 1.82) is 0 Å². The van der Waals surface area contributed by atoms with Crippen LogP contribution in [0.3, 0.4) is 0 Å². The van der Waals surface area contributed by atoms with Gasteiger partial charge in [0.15, 0.2) is 0 Å². The third-order valence-electron chi connectivity index (χ3n) is 3.68. The fourth-order valence-electron chi connectivity index (χ4n) is 2.29. The first-order chi connectivity index (χ1) is 13.1. The minimum absolute atomic E-state index is 0.112. The van der Waals surface area contributed by atoms with Crippen molar-refractivity contribution < 1.29 is 24.0 Å². The molecule has 0 saturated heterocycles. The van der Waals surface area contributed by atoms with Gasteiger partial charge < -0.3 is 15.0 Å². The molecule has 2 amide bonds. The van der Waals surface area contributed by atoms with Crippen molar-refractivity contribution in [2.45, 2.75) is 0 Å². The standard InChI is InChI=1S/C18H16ClN3O6/c1-21(2)17(24)14-5-4-12(9-15(14)19)20-16(23)10-6-11(18(25)28-3)8-13(7-10)22(26)27/h4-9H,1-3H3,(H,20,23). The molecule has 0 bridgehead atoms. The molecule has 2 rings (SSSR count). The number of halogens is 1. The van der Waals surface area contributed by atoms with E-state index in [0.29, 0.717) is 0 Å². The summed E-state index contributed by atoms with van der Waals surface area (Å²) in [6.45, 7) is 0. The first kappa shape index (κ1) is 20.8. The van der Waals surface area contributed by atoms with Crippen LogP contribution in [0.15, 0.2) is 36.4 Å². The summed E-state index contributed by atoms with van der Waals surface area (Å²) in [5.74, 6) is -1.81. The number of carbonyl (C=O) groups excluding carboxylic acids is 3. The van der Waals surface area contributed by atoms with Crippen LogP contribution in [-0.4, -0.2) is 48.8 Å². The predicted octanol–water partition coefficient (Wildman–Crippen LogP) is 2.99. The van der Waals surface area contributed by atoms with Gasteiger partial charge in [-0.2, -0.15) is 0 Å². The number of nitrogens with zero attached hydrogens (tertiary/aromatic N) is 2. The van der Waals surface area contributed by atoms with Gasteiger partial charge in [0.2, 0.25) is 0 Å². The molecule has 0 atom stereocenters. The van der Waals surface area contributed by atoms with E-state index < -0.39 is 22.5 Å². The number of nitro benzene ring substituents is 1. The lowest BCUT2D eigenvalue weighted by Gasteiger charge is -2.13. The zero-order valence-corrected chi connectivity index (χ0v) is 15.9. The number of hydrogen-bond donors (Lipinski definition) is 1. The van der Waals surface area contributed by atoms with Crippen LogP contribution in [-0.2, 0) is 4.74 Å². The van der Waals surface area contributed by atoms with Gasteiger partial charge in [0, 0.05) is 37.5 Å². The number of ether oxygens (including phenoxy) is 1. The molecule has 0 unspecified atom stereocenters. The van der Waals surface area contributed by atoms with Crippen LogP contribution in [0.25, 0.3) is 0 Å². The Hall–Kier alpha value is -3.46. The average Bonchev–Trinajstić information content (AvgIpc) is 2.66. The van der Waals surface area contributed by atoms with Crippen LogP contribution in [0.2, 0.25) is 5.02 Å². The number of amides is 2. The molecule has 146 valence electrons. The maximum Gasteiger partial charge on any atom is 0.338 e. The quantitative estimate of drug-likeness (QED) is 0.464. The monoisotopic (exact) mass is 405 g/mol. The topological polar surface area (TPSA) is 119 Å². The highest BCUT2D eigenvalue weighted by atomic mass is 35.5. The van der Waals surface area contributed by atoms with E-state index in [1.165, 1.54) is 29.2 Å². The Kier molecular flexibility index (Phi) is 6.32. The number of non-ortho nitro benzene ring substituents is 1. The molecule has 0 heterocycles. The van der Waals surface area contributed by atoms with Gasteiger partial charge in [-0.05, 0) is 24.3 Å². The first-order valence-electron chi connectivity index (χ1n) is 7.84. The van der Waals surface area contributed by atoms with Crippen molar-refractivity contribution in [3.63, 3.8) is 0 Å². The van der Waals surface area contributed by atoms with Gasteiger partial charge in [0.05, 0.1) is 28.2 Å². The Morgan fingerprint density at radius 2 is 1.75 bits per heavy atom. The van der Waals surface area contributed by atoms with Crippen LogP contribution < -0.4 is 5.32 Å². The summed E-state index contributed by atoms with van der Waals surface area (Å²) in [6, 6.07) is 7.54. The number of nitrogens with one attached hydrogen (secondary N) is 1. The average molecular weight is 406 g/mol. The largest absolute Gasteiger partial charge is 0.465 e. The molecule has 0 aromatic heterocycles. The summed E-state index contributed by atoms with van der Waals surface area (Å²) in [5, 5.41) is 13.7. The van der Waals surface area contributed by atoms with Crippen LogP contribution in [0.1, 0.15) is 31.1 Å². The molecule has 0 fully saturated rings. The predicted molar refractivity (Wildman–Crippen MR) is 102 cm³/mol. The molecule has 0 aliphatic heterocycles. The zero-order valence-electron chi connectivity index (χ0n) is 15.2. The van der Waals surface area contributed by atoms with E-state index in [2.05, 4.69) is 10.1 Å². The number of rotatable bonds is 5. The van der Waals surface area contributed by atoms with E-state index in [-0.39, 0.29) is 33.3 Å². The molecule has 2 aromatic rings. The highest BCUT2D eigenvalue weighted by Gasteiger charge is 2.19. The van der Waals surface area contributed by atoms with Gasteiger partial charge in [-0.1, -0.05) is 11.6 Å². The SMILES string of the molecule is COC(=O)c1cc(C(=O)Nc2ccc(C(=O)N(C)C)c(Cl)c2)cc([N+](=O)[O-])c1. The first-order valence-corrected chi connectivity index (χ1v) is 8.22. The van der Waals surface area contributed by atoms with Crippen LogP contribution in [0.4, 0.5) is 11.4 Å². The summed E-state index contributed by atoms with van der Waals surface area (Å²) >= 11 is 6.10. The second kappa shape index (κ2) is 8.49. The van der Waals surface area contributed by atoms with Crippen molar-refractivity contribution in [2.75, 3.05) is 26.5 Å². The molecule has 0 spiro atoms. The van der Waals surface area contributed by atoms with Crippen molar-refractivity contribution in [2.24, 2.45) is 0 Å². The molecule has 0 saturated carbocycles. The molecule has 0 aliphatic carbocycles. The molecule has 9 nitrogen and oxygen atoms in total. The number of carbonyl (C=O) groups is 3. The van der Waals surface area contributed by atoms with Crippen LogP contribution in [0.5, 0.6) is 0 Å². The molecule has 1 N–H and O–H groups in total. The fraction of sp³-hybridized carbons (Fsp3) is 0.167. The number of hydrogen-bond acceptors (Lipinski definition) is 6. The van der Waals surface area contributed by atoms with E-state index >= 15 is 0 Å². The van der Waals surface area contributed by atoms with Crippen molar-refractivity contribution in [3.05, 3.63) is 68.2 Å². The van der Waals surface area contributed by atoms with Crippen LogP contribution >= 0.6 is 11.6 Å². The number of esters is 1. The van der Waals surface area contributed by atoms with E-state index in [1.807, 2.05) is 0 Å². The summed E-state index contributed by atoms with van der Waals surface area (Å²) in [4.78, 5) is 47.9. The number of benzene rings is 2. The van der Waals surface area contributed by atoms with Gasteiger partial charge >= 0.3 is 5.97 Å². The lowest BCUT2D eigenvalue weighted by Crippen LogP contribution is -2.22. The molecular weight excluding hydrogens is 390 g/mol. The Balaban J connectivity index is 2.33. The minimum Gasteiger partial charge on any atom is -0.465 e. The maximum absolute atomic E-state index is 12.5. The van der Waals surface area contributed by atoms with E-state index in [0.717, 1.165) is 19.2 Å². The van der Waals surface area contributed by atoms with Gasteiger partial charge in [-0.3, -0.25) is 19.7 Å². The van der Waals surface area contributed by atoms with Crippen molar-refractivity contribution >= 4 is 40.8 Å². The van der Waals surface area contributed by atoms with E-state index in [9.17, 15) is 24.5 Å². The van der Waals surface area contributed by atoms with Gasteiger partial charge in [-0.15, -0.1) is 0 Å². The number of methoxy groups -OCH3 is 1. The molecule has 10 heteroatoms. The van der Waals surface area contributed by atoms with Gasteiger partial charge in [0.25, 0.3) is 17.5 Å². The highest BCUT2D eigenvalue weighted by molar-refractivity contribution is 6.34. The second-order valence-electron chi connectivity index (χ2n) is 5.87. The molecular formula is C18H16ClN3O6. The summed E-state index contributed by atoms with van der Waals surface area (Å²) in [7, 11) is 4.28. The lowest BCUT2D eigenvalue weighted by atomic mass is 10.1. The number of anilines is 1. The summed E-state index contributed by atoms with van der Waals surface area (Å²) < 4.78 is 4.55. The van der Waals surface area contributed by atoms with Crippen molar-refractivity contribution in [3.8, 4) is 0 Å². The van der Waals surface area contributed by atoms with Crippen LogP contribution in [0, 0.1) is 10.1 Å². The Bertz CT molecular complexity index is 974. The zero-order chi connectivity index (χ0) is 21.0. The molecule has 0 radical (unpaired) electrons. The minimum atomic E-state index is -0.813. The molecule has 2 aromatic carbocycles. The Labute approximate surface area is 165 Å². The summed E-state index contributed by atoms with van der Waals surface area (Å²) in [5.41, 5.74) is -0.145. The van der Waals surface area contributed by atoms with E-state index in [4.69, 9.17) is 11.6 Å². The highest BCUT2D eigenvalue weighted by Crippen LogP contribution is 2.24. The third kappa shape index (κ3) is 4.63. The molecule has 0 aliphatic rings. The van der Waals surface area contributed by atoms with Gasteiger partial charge in [0.1, 0.15) is 0 Å². The Morgan fingerprint density at radius 1 is 1.11 bits per heavy atom. The van der Waals surface area contributed by atoms with E-state index in [1.54, 1.807) is 14.1 Å². The second-order valence-corrected chi connectivity index (χ2v) is 6.27. The third-order valence-corrected chi connectivity index (χ3v) is 3.99. The van der Waals surface area contributed by atoms with Gasteiger partial charge in [-0.25, -0.2) is 4.79 Å². The summed E-state index contributed by atoms with van der Waals surface area (Å²) in [6.07, 6.45) is 0. The van der Waals surface area contributed by atoms with Crippen molar-refractivity contribution in [1.82, 2.24) is 4.90 Å². The maximum atomic E-state index is 12.5.